The Kier molecular flexibility index (Phi) is 7.98. The number of aliphatic hydroxyl groups is 1. The molecule has 2 fully saturated rings. The van der Waals surface area contributed by atoms with Crippen LogP contribution in [0.25, 0.3) is 0 Å². The average molecular weight is 340 g/mol. The summed E-state index contributed by atoms with van der Waals surface area (Å²) in [6.07, 6.45) is 6.85. The van der Waals surface area contributed by atoms with Crippen molar-refractivity contribution in [2.45, 2.75) is 64.5 Å². The van der Waals surface area contributed by atoms with Crippen molar-refractivity contribution in [3.63, 3.8) is 0 Å². The summed E-state index contributed by atoms with van der Waals surface area (Å²) in [7, 11) is 2.06. The smallest absolute Gasteiger partial charge is 0.234 e. The van der Waals surface area contributed by atoms with Gasteiger partial charge in [0.05, 0.1) is 12.6 Å². The third-order valence-electron chi connectivity index (χ3n) is 5.59. The minimum absolute atomic E-state index is 0.184. The fourth-order valence-corrected chi connectivity index (χ4v) is 4.15. The van der Waals surface area contributed by atoms with E-state index in [1.54, 1.807) is 0 Å². The van der Waals surface area contributed by atoms with Gasteiger partial charge in [0.15, 0.2) is 0 Å². The standard InChI is InChI=1S/C19H37N3O2/c1-15-4-6-18(7-5-15)20-19(24)14-21(3)13-17-8-10-22(11-9-17)12-16(2)23/h15-18,23H,4-14H2,1-3H3,(H,20,24). The molecule has 1 aliphatic carbocycles. The highest BCUT2D eigenvalue weighted by Crippen LogP contribution is 2.23. The summed E-state index contributed by atoms with van der Waals surface area (Å²) >= 11 is 0. The molecule has 1 unspecified atom stereocenters. The van der Waals surface area contributed by atoms with Gasteiger partial charge in [-0.3, -0.25) is 9.69 Å². The number of nitrogens with one attached hydrogen (secondary N) is 1. The number of piperidine rings is 1. The molecule has 1 heterocycles. The first kappa shape index (κ1) is 19.7. The van der Waals surface area contributed by atoms with Gasteiger partial charge in [-0.25, -0.2) is 0 Å². The highest BCUT2D eigenvalue weighted by Gasteiger charge is 2.23. The Balaban J connectivity index is 1.61. The van der Waals surface area contributed by atoms with Crippen molar-refractivity contribution in [3.8, 4) is 0 Å². The molecule has 1 aliphatic heterocycles. The number of hydrogen-bond donors (Lipinski definition) is 2. The van der Waals surface area contributed by atoms with E-state index in [4.69, 9.17) is 0 Å². The van der Waals surface area contributed by atoms with E-state index in [9.17, 15) is 9.90 Å². The summed E-state index contributed by atoms with van der Waals surface area (Å²) < 4.78 is 0. The molecule has 0 radical (unpaired) electrons. The number of carbonyl (C=O) groups excluding carboxylic acids is 1. The second kappa shape index (κ2) is 9.73. The molecule has 24 heavy (non-hydrogen) atoms. The average Bonchev–Trinajstić information content (AvgIpc) is 2.51. The zero-order valence-electron chi connectivity index (χ0n) is 15.8. The maximum atomic E-state index is 12.2. The molecule has 5 nitrogen and oxygen atoms in total. The van der Waals surface area contributed by atoms with Gasteiger partial charge < -0.3 is 15.3 Å². The lowest BCUT2D eigenvalue weighted by atomic mass is 9.87. The van der Waals surface area contributed by atoms with E-state index in [0.29, 0.717) is 18.5 Å². The summed E-state index contributed by atoms with van der Waals surface area (Å²) in [5, 5.41) is 12.7. The monoisotopic (exact) mass is 339 g/mol. The van der Waals surface area contributed by atoms with Crippen LogP contribution in [0, 0.1) is 11.8 Å². The maximum Gasteiger partial charge on any atom is 0.234 e. The van der Waals surface area contributed by atoms with E-state index in [1.165, 1.54) is 25.7 Å². The van der Waals surface area contributed by atoms with Gasteiger partial charge in [-0.2, -0.15) is 0 Å². The van der Waals surface area contributed by atoms with E-state index < -0.39 is 0 Å². The summed E-state index contributed by atoms with van der Waals surface area (Å²) in [6, 6.07) is 0.394. The van der Waals surface area contributed by atoms with Gasteiger partial charge in [-0.15, -0.1) is 0 Å². The molecule has 5 heteroatoms. The molecule has 2 rings (SSSR count). The van der Waals surface area contributed by atoms with Gasteiger partial charge >= 0.3 is 0 Å². The van der Waals surface area contributed by atoms with Crippen LogP contribution in [-0.2, 0) is 4.79 Å². The van der Waals surface area contributed by atoms with Crippen molar-refractivity contribution in [1.82, 2.24) is 15.1 Å². The maximum absolute atomic E-state index is 12.2. The van der Waals surface area contributed by atoms with E-state index in [-0.39, 0.29) is 12.0 Å². The van der Waals surface area contributed by atoms with Gasteiger partial charge in [-0.1, -0.05) is 6.92 Å². The van der Waals surface area contributed by atoms with E-state index in [2.05, 4.69) is 29.1 Å². The Hall–Kier alpha value is -0.650. The van der Waals surface area contributed by atoms with Crippen molar-refractivity contribution in [2.75, 3.05) is 39.8 Å². The number of β-amino-alcohol motifs (C(OH)–C–C–N with tert-alkyl or cyclic N) is 1. The second-order valence-electron chi connectivity index (χ2n) is 8.31. The van der Waals surface area contributed by atoms with Crippen LogP contribution in [0.4, 0.5) is 0 Å². The molecule has 1 amide bonds. The molecule has 0 aromatic rings. The summed E-state index contributed by atoms with van der Waals surface area (Å²) in [4.78, 5) is 16.8. The molecule has 2 N–H and O–H groups in total. The summed E-state index contributed by atoms with van der Waals surface area (Å²) in [5.74, 6) is 1.67. The molecule has 2 aliphatic rings. The first-order valence-electron chi connectivity index (χ1n) is 9.80. The minimum atomic E-state index is -0.240. The SMILES string of the molecule is CC(O)CN1CCC(CN(C)CC(=O)NC2CCC(C)CC2)CC1. The normalized spacial score (nSPS) is 28.0. The van der Waals surface area contributed by atoms with Crippen molar-refractivity contribution in [2.24, 2.45) is 11.8 Å². The topological polar surface area (TPSA) is 55.8 Å². The van der Waals surface area contributed by atoms with E-state index in [1.807, 2.05) is 6.92 Å². The Labute approximate surface area is 147 Å². The molecule has 1 saturated carbocycles. The fourth-order valence-electron chi connectivity index (χ4n) is 4.15. The van der Waals surface area contributed by atoms with Gasteiger partial charge in [0.2, 0.25) is 5.91 Å². The van der Waals surface area contributed by atoms with Gasteiger partial charge in [0.25, 0.3) is 0 Å². The highest BCUT2D eigenvalue weighted by molar-refractivity contribution is 5.78. The van der Waals surface area contributed by atoms with Crippen LogP contribution in [0.1, 0.15) is 52.4 Å². The van der Waals surface area contributed by atoms with Crippen LogP contribution < -0.4 is 5.32 Å². The van der Waals surface area contributed by atoms with Crippen LogP contribution in [0.5, 0.6) is 0 Å². The van der Waals surface area contributed by atoms with Crippen molar-refractivity contribution < 1.29 is 9.90 Å². The first-order valence-corrected chi connectivity index (χ1v) is 9.80. The Bertz CT molecular complexity index is 373. The van der Waals surface area contributed by atoms with Gasteiger partial charge in [0.1, 0.15) is 0 Å². The summed E-state index contributed by atoms with van der Waals surface area (Å²) in [5.41, 5.74) is 0. The lowest BCUT2D eigenvalue weighted by Crippen LogP contribution is -2.45. The largest absolute Gasteiger partial charge is 0.392 e. The lowest BCUT2D eigenvalue weighted by Gasteiger charge is -2.34. The number of rotatable bonds is 7. The Morgan fingerprint density at radius 3 is 2.42 bits per heavy atom. The van der Waals surface area contributed by atoms with Gasteiger partial charge in [-0.05, 0) is 77.4 Å². The predicted molar refractivity (Wildman–Crippen MR) is 97.9 cm³/mol. The number of aliphatic hydroxyl groups excluding tert-OH is 1. The number of carbonyl (C=O) groups is 1. The highest BCUT2D eigenvalue weighted by atomic mass is 16.3. The van der Waals surface area contributed by atoms with Crippen LogP contribution in [0.15, 0.2) is 0 Å². The summed E-state index contributed by atoms with van der Waals surface area (Å²) in [6.45, 7) is 8.58. The zero-order valence-corrected chi connectivity index (χ0v) is 15.8. The minimum Gasteiger partial charge on any atom is -0.392 e. The van der Waals surface area contributed by atoms with Crippen molar-refractivity contribution >= 4 is 5.91 Å². The Morgan fingerprint density at radius 1 is 1.21 bits per heavy atom. The number of hydrogen-bond acceptors (Lipinski definition) is 4. The number of likely N-dealkylation sites (N-methyl/N-ethyl adjacent to an activating group) is 1. The number of likely N-dealkylation sites (tertiary alicyclic amines) is 1. The molecule has 140 valence electrons. The third kappa shape index (κ3) is 7.08. The quantitative estimate of drug-likeness (QED) is 0.741. The molecule has 1 atom stereocenters. The van der Waals surface area contributed by atoms with Crippen molar-refractivity contribution in [3.05, 3.63) is 0 Å². The second-order valence-corrected chi connectivity index (χ2v) is 8.31. The molecule has 0 aromatic heterocycles. The van der Waals surface area contributed by atoms with Crippen LogP contribution in [-0.4, -0.2) is 72.7 Å². The molecular weight excluding hydrogens is 302 g/mol. The fraction of sp³-hybridized carbons (Fsp3) is 0.947. The van der Waals surface area contributed by atoms with E-state index in [0.717, 1.165) is 44.9 Å². The first-order chi connectivity index (χ1) is 11.4. The molecule has 0 spiro atoms. The lowest BCUT2D eigenvalue weighted by molar-refractivity contribution is -0.123. The molecule has 1 saturated heterocycles. The zero-order chi connectivity index (χ0) is 17.5. The van der Waals surface area contributed by atoms with Crippen molar-refractivity contribution in [1.29, 1.82) is 0 Å². The molecule has 0 aromatic carbocycles. The predicted octanol–water partition coefficient (Wildman–Crippen LogP) is 1.71. The van der Waals surface area contributed by atoms with Crippen LogP contribution in [0.3, 0.4) is 0 Å². The van der Waals surface area contributed by atoms with Gasteiger partial charge in [0, 0.05) is 19.1 Å². The van der Waals surface area contributed by atoms with E-state index >= 15 is 0 Å². The molecule has 0 bridgehead atoms. The van der Waals surface area contributed by atoms with Crippen LogP contribution >= 0.6 is 0 Å². The third-order valence-corrected chi connectivity index (χ3v) is 5.59. The Morgan fingerprint density at radius 2 is 1.83 bits per heavy atom. The molecular formula is C19H37N3O2. The number of amides is 1. The number of nitrogens with zero attached hydrogens (tertiary/aromatic N) is 2. The van der Waals surface area contributed by atoms with Crippen LogP contribution in [0.2, 0.25) is 0 Å².